The molecular formula is C20H29N5O3. The molecule has 3 atom stereocenters. The molecule has 1 amide bonds. The molecule has 0 N–H and O–H groups in total. The molecule has 2 aliphatic rings. The number of nitrogens with zero attached hydrogens (tertiary/aromatic N) is 5. The van der Waals surface area contributed by atoms with Gasteiger partial charge < -0.3 is 14.4 Å². The number of aromatic nitrogens is 4. The lowest BCUT2D eigenvalue weighted by molar-refractivity contribution is 0.0142. The van der Waals surface area contributed by atoms with E-state index in [9.17, 15) is 4.79 Å². The predicted molar refractivity (Wildman–Crippen MR) is 103 cm³/mol. The van der Waals surface area contributed by atoms with Gasteiger partial charge in [-0.2, -0.15) is 14.6 Å². The van der Waals surface area contributed by atoms with Crippen LogP contribution in [0.5, 0.6) is 5.88 Å². The van der Waals surface area contributed by atoms with Crippen molar-refractivity contribution in [3.63, 3.8) is 0 Å². The summed E-state index contributed by atoms with van der Waals surface area (Å²) in [5, 5.41) is 4.23. The van der Waals surface area contributed by atoms with Crippen LogP contribution in [0.25, 0.3) is 5.78 Å². The van der Waals surface area contributed by atoms with Gasteiger partial charge in [-0.05, 0) is 51.4 Å². The van der Waals surface area contributed by atoms with Crippen LogP contribution in [0.1, 0.15) is 59.1 Å². The molecule has 0 radical (unpaired) electrons. The third-order valence-corrected chi connectivity index (χ3v) is 5.59. The quantitative estimate of drug-likeness (QED) is 0.801. The van der Waals surface area contributed by atoms with Gasteiger partial charge in [0.25, 0.3) is 5.78 Å². The van der Waals surface area contributed by atoms with Crippen molar-refractivity contribution >= 4 is 11.9 Å². The van der Waals surface area contributed by atoms with Crippen LogP contribution in [0.3, 0.4) is 0 Å². The van der Waals surface area contributed by atoms with Crippen molar-refractivity contribution in [1.82, 2.24) is 24.5 Å². The summed E-state index contributed by atoms with van der Waals surface area (Å²) in [6, 6.07) is 2.20. The third-order valence-electron chi connectivity index (χ3n) is 5.59. The average Bonchev–Trinajstić information content (AvgIpc) is 3.32. The molecular weight excluding hydrogens is 358 g/mol. The van der Waals surface area contributed by atoms with E-state index in [0.29, 0.717) is 30.1 Å². The Hall–Kier alpha value is -2.38. The van der Waals surface area contributed by atoms with Crippen molar-refractivity contribution in [3.8, 4) is 5.88 Å². The largest absolute Gasteiger partial charge is 0.477 e. The summed E-state index contributed by atoms with van der Waals surface area (Å²) in [7, 11) is 0. The molecule has 1 saturated carbocycles. The molecule has 2 bridgehead atoms. The smallest absolute Gasteiger partial charge is 0.410 e. The van der Waals surface area contributed by atoms with Crippen LogP contribution in [0.4, 0.5) is 4.79 Å². The summed E-state index contributed by atoms with van der Waals surface area (Å²) in [5.41, 5.74) is 0.486. The van der Waals surface area contributed by atoms with Gasteiger partial charge in [-0.15, -0.1) is 0 Å². The predicted octanol–water partition coefficient (Wildman–Crippen LogP) is 3.27. The number of carbonyl (C=O) groups excluding carboxylic acids is 1. The first kappa shape index (κ1) is 19.0. The van der Waals surface area contributed by atoms with E-state index in [1.165, 1.54) is 6.33 Å². The first-order valence-corrected chi connectivity index (χ1v) is 10.0. The second-order valence-electron chi connectivity index (χ2n) is 9.23. The Labute approximate surface area is 165 Å². The van der Waals surface area contributed by atoms with Gasteiger partial charge in [0.1, 0.15) is 11.9 Å². The van der Waals surface area contributed by atoms with Crippen LogP contribution in [-0.2, 0) is 4.74 Å². The fourth-order valence-electron chi connectivity index (χ4n) is 4.20. The Balaban J connectivity index is 1.40. The average molecular weight is 387 g/mol. The highest BCUT2D eigenvalue weighted by molar-refractivity contribution is 5.69. The summed E-state index contributed by atoms with van der Waals surface area (Å²) in [6.45, 7) is 11.3. The molecule has 0 aromatic carbocycles. The lowest BCUT2D eigenvalue weighted by Crippen LogP contribution is -2.43. The Kier molecular flexibility index (Phi) is 4.67. The van der Waals surface area contributed by atoms with Gasteiger partial charge in [0.2, 0.25) is 5.88 Å². The van der Waals surface area contributed by atoms with Gasteiger partial charge in [0.05, 0.1) is 12.3 Å². The monoisotopic (exact) mass is 387 g/mol. The van der Waals surface area contributed by atoms with E-state index in [2.05, 4.69) is 28.9 Å². The molecule has 2 aromatic rings. The maximum Gasteiger partial charge on any atom is 0.410 e. The summed E-state index contributed by atoms with van der Waals surface area (Å²) in [6.07, 6.45) is 3.28. The molecule has 1 saturated heterocycles. The first-order valence-electron chi connectivity index (χ1n) is 10.0. The Morgan fingerprint density at radius 2 is 2.11 bits per heavy atom. The summed E-state index contributed by atoms with van der Waals surface area (Å²) < 4.78 is 13.4. The molecule has 3 heterocycles. The number of fused-ring (bicyclic) bond motifs is 3. The van der Waals surface area contributed by atoms with Gasteiger partial charge in [0.15, 0.2) is 0 Å². The van der Waals surface area contributed by atoms with Crippen molar-refractivity contribution in [3.05, 3.63) is 18.1 Å². The topological polar surface area (TPSA) is 81.8 Å². The van der Waals surface area contributed by atoms with Crippen LogP contribution >= 0.6 is 0 Å². The van der Waals surface area contributed by atoms with Crippen molar-refractivity contribution < 1.29 is 14.3 Å². The summed E-state index contributed by atoms with van der Waals surface area (Å²) in [5.74, 6) is 2.41. The van der Waals surface area contributed by atoms with Crippen molar-refractivity contribution in [2.75, 3.05) is 13.2 Å². The molecule has 1 aliphatic carbocycles. The van der Waals surface area contributed by atoms with Crippen LogP contribution in [0.15, 0.2) is 12.4 Å². The molecule has 28 heavy (non-hydrogen) atoms. The zero-order chi connectivity index (χ0) is 20.1. The molecule has 8 heteroatoms. The van der Waals surface area contributed by atoms with E-state index in [1.807, 2.05) is 31.7 Å². The molecule has 152 valence electrons. The Bertz CT molecular complexity index is 872. The number of rotatable bonds is 4. The van der Waals surface area contributed by atoms with Crippen molar-refractivity contribution in [2.24, 2.45) is 11.8 Å². The van der Waals surface area contributed by atoms with Crippen molar-refractivity contribution in [1.29, 1.82) is 0 Å². The first-order chi connectivity index (χ1) is 13.2. The summed E-state index contributed by atoms with van der Waals surface area (Å²) in [4.78, 5) is 23.0. The number of ether oxygens (including phenoxy) is 2. The van der Waals surface area contributed by atoms with E-state index in [-0.39, 0.29) is 18.1 Å². The number of hydrogen-bond donors (Lipinski definition) is 0. The van der Waals surface area contributed by atoms with Crippen molar-refractivity contribution in [2.45, 2.75) is 65.0 Å². The Morgan fingerprint density at radius 1 is 1.32 bits per heavy atom. The van der Waals surface area contributed by atoms with Crippen LogP contribution < -0.4 is 4.74 Å². The third kappa shape index (κ3) is 3.64. The second kappa shape index (κ2) is 6.90. The molecule has 2 aromatic heterocycles. The standard InChI is InChI=1S/C20H29N5O3/c1-12(2)16-8-17(25-18(23-16)21-11-22-25)27-10-14-7-15-6-13(14)9-24(15)19(26)28-20(3,4)5/h8,11-15H,6-7,9-10H2,1-5H3/t13-,14-,15-/m1/s1. The zero-order valence-corrected chi connectivity index (χ0v) is 17.3. The molecule has 2 fully saturated rings. The fraction of sp³-hybridized carbons (Fsp3) is 0.700. The maximum absolute atomic E-state index is 12.4. The number of hydrogen-bond acceptors (Lipinski definition) is 6. The normalized spacial score (nSPS) is 24.4. The number of amides is 1. The highest BCUT2D eigenvalue weighted by Gasteiger charge is 2.47. The van der Waals surface area contributed by atoms with Gasteiger partial charge >= 0.3 is 6.09 Å². The minimum absolute atomic E-state index is 0.195. The lowest BCUT2D eigenvalue weighted by Gasteiger charge is -2.33. The molecule has 1 aliphatic heterocycles. The lowest BCUT2D eigenvalue weighted by atomic mass is 9.96. The van der Waals surface area contributed by atoms with Gasteiger partial charge in [0, 0.05) is 18.7 Å². The number of piperidine rings is 1. The second-order valence-corrected chi connectivity index (χ2v) is 9.23. The van der Waals surface area contributed by atoms with Gasteiger partial charge in [-0.3, -0.25) is 0 Å². The van der Waals surface area contributed by atoms with E-state index >= 15 is 0 Å². The SMILES string of the molecule is CC(C)c1cc(OC[C@H]2C[C@H]3C[C@@H]2CN3C(=O)OC(C)(C)C)n2ncnc2n1. The van der Waals surface area contributed by atoms with Gasteiger partial charge in [-0.1, -0.05) is 13.8 Å². The highest BCUT2D eigenvalue weighted by Crippen LogP contribution is 2.42. The maximum atomic E-state index is 12.4. The molecule has 8 nitrogen and oxygen atoms in total. The molecule has 0 spiro atoms. The number of carbonyl (C=O) groups is 1. The number of likely N-dealkylation sites (tertiary alicyclic amines) is 1. The van der Waals surface area contributed by atoms with E-state index in [1.54, 1.807) is 4.52 Å². The molecule has 4 rings (SSSR count). The minimum atomic E-state index is -0.458. The van der Waals surface area contributed by atoms with E-state index < -0.39 is 5.60 Å². The zero-order valence-electron chi connectivity index (χ0n) is 17.3. The summed E-state index contributed by atoms with van der Waals surface area (Å²) >= 11 is 0. The van der Waals surface area contributed by atoms with Gasteiger partial charge in [-0.25, -0.2) is 9.78 Å². The molecule has 0 unspecified atom stereocenters. The van der Waals surface area contributed by atoms with E-state index in [0.717, 1.165) is 25.1 Å². The van der Waals surface area contributed by atoms with Crippen LogP contribution in [0, 0.1) is 11.8 Å². The van der Waals surface area contributed by atoms with E-state index in [4.69, 9.17) is 9.47 Å². The van der Waals surface area contributed by atoms with Crippen LogP contribution in [0.2, 0.25) is 0 Å². The highest BCUT2D eigenvalue weighted by atomic mass is 16.6. The van der Waals surface area contributed by atoms with Crippen LogP contribution in [-0.4, -0.2) is 55.4 Å². The fourth-order valence-corrected chi connectivity index (χ4v) is 4.20. The minimum Gasteiger partial charge on any atom is -0.477 e. The Morgan fingerprint density at radius 3 is 2.75 bits per heavy atom.